The van der Waals surface area contributed by atoms with Crippen LogP contribution in [0.1, 0.15) is 26.7 Å². The molecule has 0 radical (unpaired) electrons. The molecule has 0 bridgehead atoms. The van der Waals surface area contributed by atoms with E-state index in [9.17, 15) is 4.79 Å². The zero-order chi connectivity index (χ0) is 13.4. The molecule has 0 aliphatic carbocycles. The summed E-state index contributed by atoms with van der Waals surface area (Å²) in [6, 6.07) is 8.89. The van der Waals surface area contributed by atoms with Gasteiger partial charge in [-0.2, -0.15) is 5.26 Å². The van der Waals surface area contributed by atoms with Gasteiger partial charge in [-0.05, 0) is 36.6 Å². The third kappa shape index (κ3) is 5.35. The van der Waals surface area contributed by atoms with E-state index in [1.165, 1.54) is 0 Å². The largest absolute Gasteiger partial charge is 0.479 e. The van der Waals surface area contributed by atoms with Crippen molar-refractivity contribution in [2.75, 3.05) is 11.9 Å². The van der Waals surface area contributed by atoms with Crippen molar-refractivity contribution in [1.82, 2.24) is 0 Å². The van der Waals surface area contributed by atoms with E-state index >= 15 is 0 Å². The first-order chi connectivity index (χ1) is 8.61. The summed E-state index contributed by atoms with van der Waals surface area (Å²) in [4.78, 5) is 11.6. The van der Waals surface area contributed by atoms with Gasteiger partial charge in [-0.15, -0.1) is 0 Å². The Labute approximate surface area is 108 Å². The standard InChI is InChI=1S/C14H18N2O2/c1-11(2)3-8-14(17)16-12-4-6-13(7-5-12)18-10-9-15/h4-7,11H,3,8,10H2,1-2H3,(H,16,17). The van der Waals surface area contributed by atoms with Gasteiger partial charge in [0.1, 0.15) is 11.8 Å². The highest BCUT2D eigenvalue weighted by Crippen LogP contribution is 2.16. The number of nitrogens with one attached hydrogen (secondary N) is 1. The molecular formula is C14H18N2O2. The van der Waals surface area contributed by atoms with Crippen LogP contribution in [0.5, 0.6) is 5.75 Å². The number of nitrogens with zero attached hydrogens (tertiary/aromatic N) is 1. The fourth-order valence-corrected chi connectivity index (χ4v) is 1.39. The van der Waals surface area contributed by atoms with Gasteiger partial charge in [0, 0.05) is 12.1 Å². The van der Waals surface area contributed by atoms with Gasteiger partial charge >= 0.3 is 0 Å². The fourth-order valence-electron chi connectivity index (χ4n) is 1.39. The van der Waals surface area contributed by atoms with Gasteiger partial charge < -0.3 is 10.1 Å². The summed E-state index contributed by atoms with van der Waals surface area (Å²) in [6.07, 6.45) is 1.42. The average Bonchev–Trinajstić information content (AvgIpc) is 2.35. The highest BCUT2D eigenvalue weighted by Gasteiger charge is 2.04. The second-order valence-corrected chi connectivity index (χ2v) is 4.45. The van der Waals surface area contributed by atoms with E-state index in [1.807, 2.05) is 6.07 Å². The number of carbonyl (C=O) groups excluding carboxylic acids is 1. The van der Waals surface area contributed by atoms with Crippen molar-refractivity contribution in [2.24, 2.45) is 5.92 Å². The minimum Gasteiger partial charge on any atom is -0.479 e. The molecule has 4 nitrogen and oxygen atoms in total. The molecule has 0 fully saturated rings. The Bertz CT molecular complexity index is 418. The Kier molecular flexibility index (Phi) is 5.72. The first-order valence-corrected chi connectivity index (χ1v) is 6.01. The Morgan fingerprint density at radius 3 is 2.61 bits per heavy atom. The molecular weight excluding hydrogens is 228 g/mol. The van der Waals surface area contributed by atoms with Gasteiger partial charge in [0.05, 0.1) is 0 Å². The molecule has 0 aliphatic rings. The Balaban J connectivity index is 2.43. The highest BCUT2D eigenvalue weighted by atomic mass is 16.5. The van der Waals surface area contributed by atoms with Crippen LogP contribution in [0.2, 0.25) is 0 Å². The lowest BCUT2D eigenvalue weighted by Gasteiger charge is -2.07. The summed E-state index contributed by atoms with van der Waals surface area (Å²) < 4.78 is 5.12. The van der Waals surface area contributed by atoms with Gasteiger partial charge in [0.2, 0.25) is 5.91 Å². The molecule has 0 aliphatic heterocycles. The summed E-state index contributed by atoms with van der Waals surface area (Å²) in [5.41, 5.74) is 0.744. The number of amides is 1. The fraction of sp³-hybridized carbons (Fsp3) is 0.429. The number of ether oxygens (including phenoxy) is 1. The predicted octanol–water partition coefficient (Wildman–Crippen LogP) is 2.96. The molecule has 0 saturated heterocycles. The third-order valence-corrected chi connectivity index (χ3v) is 2.39. The molecule has 1 N–H and O–H groups in total. The van der Waals surface area contributed by atoms with E-state index in [2.05, 4.69) is 19.2 Å². The molecule has 96 valence electrons. The van der Waals surface area contributed by atoms with Crippen LogP contribution in [0.3, 0.4) is 0 Å². The van der Waals surface area contributed by atoms with Crippen LogP contribution in [0, 0.1) is 17.2 Å². The molecule has 0 saturated carbocycles. The summed E-state index contributed by atoms with van der Waals surface area (Å²) in [7, 11) is 0. The zero-order valence-electron chi connectivity index (χ0n) is 10.8. The minimum absolute atomic E-state index is 0.0226. The van der Waals surface area contributed by atoms with Crippen molar-refractivity contribution in [3.8, 4) is 11.8 Å². The lowest BCUT2D eigenvalue weighted by molar-refractivity contribution is -0.116. The van der Waals surface area contributed by atoms with Crippen molar-refractivity contribution in [3.05, 3.63) is 24.3 Å². The topological polar surface area (TPSA) is 62.1 Å². The molecule has 0 spiro atoms. The Hall–Kier alpha value is -2.02. The van der Waals surface area contributed by atoms with Crippen LogP contribution in [-0.4, -0.2) is 12.5 Å². The molecule has 0 heterocycles. The van der Waals surface area contributed by atoms with E-state index in [0.29, 0.717) is 18.1 Å². The van der Waals surface area contributed by atoms with Crippen LogP contribution < -0.4 is 10.1 Å². The van der Waals surface area contributed by atoms with Gasteiger partial charge in [0.15, 0.2) is 6.61 Å². The first-order valence-electron chi connectivity index (χ1n) is 6.01. The predicted molar refractivity (Wildman–Crippen MR) is 70.3 cm³/mol. The van der Waals surface area contributed by atoms with Gasteiger partial charge in [-0.1, -0.05) is 13.8 Å². The molecule has 1 aromatic rings. The Morgan fingerprint density at radius 1 is 1.39 bits per heavy atom. The smallest absolute Gasteiger partial charge is 0.224 e. The maximum atomic E-state index is 11.6. The summed E-state index contributed by atoms with van der Waals surface area (Å²) in [5.74, 6) is 1.17. The number of hydrogen-bond acceptors (Lipinski definition) is 3. The third-order valence-electron chi connectivity index (χ3n) is 2.39. The molecule has 1 amide bonds. The van der Waals surface area contributed by atoms with E-state index in [-0.39, 0.29) is 12.5 Å². The number of hydrogen-bond donors (Lipinski definition) is 1. The number of rotatable bonds is 6. The molecule has 4 heteroatoms. The van der Waals surface area contributed by atoms with E-state index in [1.54, 1.807) is 24.3 Å². The van der Waals surface area contributed by atoms with E-state index < -0.39 is 0 Å². The monoisotopic (exact) mass is 246 g/mol. The van der Waals surface area contributed by atoms with Gasteiger partial charge in [-0.25, -0.2) is 0 Å². The van der Waals surface area contributed by atoms with Crippen LogP contribution in [0.4, 0.5) is 5.69 Å². The van der Waals surface area contributed by atoms with Crippen LogP contribution in [0.15, 0.2) is 24.3 Å². The maximum absolute atomic E-state index is 11.6. The van der Waals surface area contributed by atoms with Crippen molar-refractivity contribution in [1.29, 1.82) is 5.26 Å². The molecule has 0 atom stereocenters. The molecule has 1 rings (SSSR count). The van der Waals surface area contributed by atoms with Crippen molar-refractivity contribution in [3.63, 3.8) is 0 Å². The summed E-state index contributed by atoms with van der Waals surface area (Å²) in [6.45, 7) is 4.21. The van der Waals surface area contributed by atoms with Gasteiger partial charge in [0.25, 0.3) is 0 Å². The molecule has 0 unspecified atom stereocenters. The average molecular weight is 246 g/mol. The lowest BCUT2D eigenvalue weighted by Crippen LogP contribution is -2.12. The lowest BCUT2D eigenvalue weighted by atomic mass is 10.1. The van der Waals surface area contributed by atoms with Crippen molar-refractivity contribution in [2.45, 2.75) is 26.7 Å². The highest BCUT2D eigenvalue weighted by molar-refractivity contribution is 5.90. The zero-order valence-corrected chi connectivity index (χ0v) is 10.8. The summed E-state index contributed by atoms with van der Waals surface area (Å²) in [5, 5.41) is 11.2. The number of benzene rings is 1. The summed E-state index contributed by atoms with van der Waals surface area (Å²) >= 11 is 0. The van der Waals surface area contributed by atoms with Gasteiger partial charge in [-0.3, -0.25) is 4.79 Å². The molecule has 0 aromatic heterocycles. The second kappa shape index (κ2) is 7.33. The van der Waals surface area contributed by atoms with E-state index in [0.717, 1.165) is 12.1 Å². The van der Waals surface area contributed by atoms with Crippen molar-refractivity contribution >= 4 is 11.6 Å². The van der Waals surface area contributed by atoms with E-state index in [4.69, 9.17) is 10.00 Å². The SMILES string of the molecule is CC(C)CCC(=O)Nc1ccc(OCC#N)cc1. The van der Waals surface area contributed by atoms with Crippen LogP contribution >= 0.6 is 0 Å². The number of nitriles is 1. The van der Waals surface area contributed by atoms with Crippen molar-refractivity contribution < 1.29 is 9.53 Å². The first kappa shape index (κ1) is 14.0. The number of carbonyl (C=O) groups is 1. The molecule has 1 aromatic carbocycles. The van der Waals surface area contributed by atoms with Crippen LogP contribution in [-0.2, 0) is 4.79 Å². The maximum Gasteiger partial charge on any atom is 0.224 e. The normalized spacial score (nSPS) is 9.89. The molecule has 18 heavy (non-hydrogen) atoms. The van der Waals surface area contributed by atoms with Crippen LogP contribution in [0.25, 0.3) is 0 Å². The quantitative estimate of drug-likeness (QED) is 0.839. The minimum atomic E-state index is 0.0226. The second-order valence-electron chi connectivity index (χ2n) is 4.45. The Morgan fingerprint density at radius 2 is 2.06 bits per heavy atom. The number of anilines is 1.